The molecule has 1 unspecified atom stereocenters. The topological polar surface area (TPSA) is 58.3 Å². The summed E-state index contributed by atoms with van der Waals surface area (Å²) in [4.78, 5) is 17.1. The normalized spacial score (nSPS) is 16.4. The molecular formula is C23H29N3O3. The summed E-state index contributed by atoms with van der Waals surface area (Å²) >= 11 is 0. The number of benzene rings is 1. The van der Waals surface area contributed by atoms with Crippen molar-refractivity contribution in [3.05, 3.63) is 51.9 Å². The lowest BCUT2D eigenvalue weighted by molar-refractivity contribution is 0.0853. The Hall–Kier alpha value is -2.44. The van der Waals surface area contributed by atoms with Gasteiger partial charge in [0.25, 0.3) is 5.56 Å². The van der Waals surface area contributed by atoms with E-state index in [9.17, 15) is 4.79 Å². The number of methoxy groups -OCH3 is 1. The molecule has 29 heavy (non-hydrogen) atoms. The third kappa shape index (κ3) is 3.74. The SMILES string of the molecule is COCC(C)n1c(-c2cc(C)c(=O)n(C)c2)nc2ccc(C3CCOCC3)cc21. The Bertz CT molecular complexity index is 1050. The number of rotatable bonds is 5. The minimum Gasteiger partial charge on any atom is -0.383 e. The highest BCUT2D eigenvalue weighted by Gasteiger charge is 2.21. The van der Waals surface area contributed by atoms with Gasteiger partial charge in [-0.2, -0.15) is 0 Å². The molecule has 0 saturated carbocycles. The van der Waals surface area contributed by atoms with E-state index in [0.29, 0.717) is 18.1 Å². The number of hydrogen-bond donors (Lipinski definition) is 0. The zero-order chi connectivity index (χ0) is 20.5. The average molecular weight is 396 g/mol. The van der Waals surface area contributed by atoms with Gasteiger partial charge in [-0.15, -0.1) is 0 Å². The predicted molar refractivity (Wildman–Crippen MR) is 115 cm³/mol. The first-order valence-corrected chi connectivity index (χ1v) is 10.3. The molecule has 1 atom stereocenters. The predicted octanol–water partition coefficient (Wildman–Crippen LogP) is 3.81. The van der Waals surface area contributed by atoms with Gasteiger partial charge in [0.05, 0.1) is 23.7 Å². The van der Waals surface area contributed by atoms with Crippen molar-refractivity contribution in [2.45, 2.75) is 38.6 Å². The van der Waals surface area contributed by atoms with Crippen LogP contribution in [0.5, 0.6) is 0 Å². The maximum Gasteiger partial charge on any atom is 0.253 e. The Morgan fingerprint density at radius 2 is 2.03 bits per heavy atom. The zero-order valence-corrected chi connectivity index (χ0v) is 17.6. The molecule has 0 amide bonds. The van der Waals surface area contributed by atoms with Crippen LogP contribution < -0.4 is 5.56 Å². The van der Waals surface area contributed by atoms with Gasteiger partial charge in [0.15, 0.2) is 0 Å². The smallest absolute Gasteiger partial charge is 0.253 e. The fourth-order valence-electron chi connectivity index (χ4n) is 4.36. The van der Waals surface area contributed by atoms with E-state index < -0.39 is 0 Å². The molecule has 6 nitrogen and oxygen atoms in total. The maximum atomic E-state index is 12.2. The minimum atomic E-state index is 0.0168. The van der Waals surface area contributed by atoms with Gasteiger partial charge in [-0.3, -0.25) is 4.79 Å². The van der Waals surface area contributed by atoms with Crippen molar-refractivity contribution in [1.29, 1.82) is 0 Å². The van der Waals surface area contributed by atoms with E-state index in [2.05, 4.69) is 29.7 Å². The first-order chi connectivity index (χ1) is 14.0. The summed E-state index contributed by atoms with van der Waals surface area (Å²) in [7, 11) is 3.51. The molecule has 0 aliphatic carbocycles. The Morgan fingerprint density at radius 3 is 2.72 bits per heavy atom. The fourth-order valence-corrected chi connectivity index (χ4v) is 4.36. The number of hydrogen-bond acceptors (Lipinski definition) is 4. The molecule has 6 heteroatoms. The number of imidazole rings is 1. The van der Waals surface area contributed by atoms with E-state index in [1.807, 2.05) is 19.2 Å². The summed E-state index contributed by atoms with van der Waals surface area (Å²) in [5.41, 5.74) is 5.09. The van der Waals surface area contributed by atoms with E-state index in [-0.39, 0.29) is 11.6 Å². The number of nitrogens with zero attached hydrogens (tertiary/aromatic N) is 3. The van der Waals surface area contributed by atoms with Crippen LogP contribution in [-0.4, -0.2) is 41.0 Å². The molecule has 1 aliphatic rings. The Balaban J connectivity index is 1.89. The number of aryl methyl sites for hydroxylation is 2. The lowest BCUT2D eigenvalue weighted by Crippen LogP contribution is -2.19. The first-order valence-electron chi connectivity index (χ1n) is 10.3. The van der Waals surface area contributed by atoms with Crippen LogP contribution in [0.2, 0.25) is 0 Å². The van der Waals surface area contributed by atoms with Crippen LogP contribution in [-0.2, 0) is 16.5 Å². The van der Waals surface area contributed by atoms with E-state index in [0.717, 1.165) is 48.5 Å². The monoisotopic (exact) mass is 395 g/mol. The van der Waals surface area contributed by atoms with Gasteiger partial charge < -0.3 is 18.6 Å². The molecule has 0 radical (unpaired) electrons. The molecule has 4 rings (SSSR count). The maximum absolute atomic E-state index is 12.2. The molecule has 1 fully saturated rings. The molecule has 0 spiro atoms. The van der Waals surface area contributed by atoms with E-state index in [1.54, 1.807) is 18.7 Å². The average Bonchev–Trinajstić information content (AvgIpc) is 3.11. The van der Waals surface area contributed by atoms with E-state index in [4.69, 9.17) is 14.5 Å². The number of ether oxygens (including phenoxy) is 2. The summed E-state index contributed by atoms with van der Waals surface area (Å²) in [5.74, 6) is 1.39. The second kappa shape index (κ2) is 8.13. The molecule has 0 bridgehead atoms. The molecule has 1 saturated heterocycles. The largest absolute Gasteiger partial charge is 0.383 e. The highest BCUT2D eigenvalue weighted by atomic mass is 16.5. The van der Waals surface area contributed by atoms with E-state index in [1.165, 1.54) is 5.56 Å². The van der Waals surface area contributed by atoms with Crippen LogP contribution >= 0.6 is 0 Å². The fraction of sp³-hybridized carbons (Fsp3) is 0.478. The molecule has 1 aromatic carbocycles. The van der Waals surface area contributed by atoms with Crippen molar-refractivity contribution in [1.82, 2.24) is 14.1 Å². The highest BCUT2D eigenvalue weighted by Crippen LogP contribution is 2.33. The number of fused-ring (bicyclic) bond motifs is 1. The van der Waals surface area contributed by atoms with Crippen LogP contribution in [0.3, 0.4) is 0 Å². The number of pyridine rings is 1. The molecule has 3 aromatic rings. The third-order valence-electron chi connectivity index (χ3n) is 5.88. The Morgan fingerprint density at radius 1 is 1.28 bits per heavy atom. The van der Waals surface area contributed by atoms with Crippen molar-refractivity contribution < 1.29 is 9.47 Å². The lowest BCUT2D eigenvalue weighted by Gasteiger charge is -2.23. The Kier molecular flexibility index (Phi) is 5.56. The van der Waals surface area contributed by atoms with Crippen molar-refractivity contribution in [2.75, 3.05) is 26.9 Å². The van der Waals surface area contributed by atoms with Gasteiger partial charge >= 0.3 is 0 Å². The van der Waals surface area contributed by atoms with Crippen molar-refractivity contribution in [2.24, 2.45) is 7.05 Å². The van der Waals surface area contributed by atoms with Gasteiger partial charge in [0.2, 0.25) is 0 Å². The summed E-state index contributed by atoms with van der Waals surface area (Å²) < 4.78 is 14.9. The molecule has 1 aliphatic heterocycles. The molecular weight excluding hydrogens is 366 g/mol. The van der Waals surface area contributed by atoms with Gasteiger partial charge in [-0.25, -0.2) is 4.98 Å². The van der Waals surface area contributed by atoms with Crippen LogP contribution in [0.4, 0.5) is 0 Å². The van der Waals surface area contributed by atoms with Crippen LogP contribution in [0.15, 0.2) is 35.3 Å². The van der Waals surface area contributed by atoms with Crippen molar-refractivity contribution in [3.63, 3.8) is 0 Å². The molecule has 3 heterocycles. The standard InChI is InChI=1S/C23H29N3O3/c1-15-11-19(13-25(3)23(15)27)22-24-20-6-5-18(17-7-9-29-10-8-17)12-21(20)26(22)16(2)14-28-4/h5-6,11-13,16-17H,7-10,14H2,1-4H3. The summed E-state index contributed by atoms with van der Waals surface area (Å²) in [5, 5.41) is 0. The van der Waals surface area contributed by atoms with Gasteiger partial charge in [0, 0.05) is 44.7 Å². The third-order valence-corrected chi connectivity index (χ3v) is 5.88. The highest BCUT2D eigenvalue weighted by molar-refractivity contribution is 5.81. The summed E-state index contributed by atoms with van der Waals surface area (Å²) in [6, 6.07) is 8.64. The second-order valence-electron chi connectivity index (χ2n) is 8.07. The van der Waals surface area contributed by atoms with Crippen LogP contribution in [0, 0.1) is 6.92 Å². The minimum absolute atomic E-state index is 0.0168. The van der Waals surface area contributed by atoms with Crippen molar-refractivity contribution >= 4 is 11.0 Å². The Labute approximate surface area is 171 Å². The van der Waals surface area contributed by atoms with Crippen molar-refractivity contribution in [3.8, 4) is 11.4 Å². The summed E-state index contributed by atoms with van der Waals surface area (Å²) in [6.45, 7) is 6.23. The van der Waals surface area contributed by atoms with Crippen LogP contribution in [0.1, 0.15) is 42.9 Å². The van der Waals surface area contributed by atoms with Gasteiger partial charge in [-0.1, -0.05) is 6.07 Å². The summed E-state index contributed by atoms with van der Waals surface area (Å²) in [6.07, 6.45) is 3.98. The molecule has 154 valence electrons. The number of aromatic nitrogens is 3. The van der Waals surface area contributed by atoms with Gasteiger partial charge in [0.1, 0.15) is 5.82 Å². The quantitative estimate of drug-likeness (QED) is 0.659. The van der Waals surface area contributed by atoms with Crippen LogP contribution in [0.25, 0.3) is 22.4 Å². The van der Waals surface area contributed by atoms with E-state index >= 15 is 0 Å². The molecule has 2 aromatic heterocycles. The lowest BCUT2D eigenvalue weighted by atomic mass is 9.91. The zero-order valence-electron chi connectivity index (χ0n) is 17.6. The first kappa shape index (κ1) is 19.9. The second-order valence-corrected chi connectivity index (χ2v) is 8.07. The van der Waals surface area contributed by atoms with Gasteiger partial charge in [-0.05, 0) is 56.4 Å². The molecule has 0 N–H and O–H groups in total.